The van der Waals surface area contributed by atoms with Gasteiger partial charge >= 0.3 is 0 Å². The third-order valence-electron chi connectivity index (χ3n) is 5.93. The zero-order valence-corrected chi connectivity index (χ0v) is 18.2. The summed E-state index contributed by atoms with van der Waals surface area (Å²) in [6.07, 6.45) is 3.44. The number of para-hydroxylation sites is 1. The van der Waals surface area contributed by atoms with Gasteiger partial charge in [-0.25, -0.2) is 9.67 Å². The maximum atomic E-state index is 12.9. The van der Waals surface area contributed by atoms with E-state index in [2.05, 4.69) is 20.0 Å². The summed E-state index contributed by atoms with van der Waals surface area (Å²) in [6, 6.07) is 18.6. The van der Waals surface area contributed by atoms with Crippen molar-refractivity contribution < 1.29 is 4.79 Å². The predicted molar refractivity (Wildman–Crippen MR) is 126 cm³/mol. The molecule has 0 atom stereocenters. The molecule has 1 aliphatic rings. The molecule has 0 bridgehead atoms. The van der Waals surface area contributed by atoms with Gasteiger partial charge in [0.1, 0.15) is 5.69 Å². The molecule has 0 radical (unpaired) electrons. The highest BCUT2D eigenvalue weighted by molar-refractivity contribution is 5.95. The Labute approximate surface area is 191 Å². The van der Waals surface area contributed by atoms with E-state index in [1.54, 1.807) is 30.6 Å². The molecule has 0 N–H and O–H groups in total. The van der Waals surface area contributed by atoms with Crippen molar-refractivity contribution in [3.05, 3.63) is 89.1 Å². The van der Waals surface area contributed by atoms with Crippen molar-refractivity contribution >= 4 is 16.8 Å². The van der Waals surface area contributed by atoms with Crippen molar-refractivity contribution in [2.45, 2.75) is 6.54 Å². The third kappa shape index (κ3) is 4.65. The lowest BCUT2D eigenvalue weighted by molar-refractivity contribution is 0.0626. The number of pyridine rings is 2. The Morgan fingerprint density at radius 2 is 1.73 bits per heavy atom. The molecule has 0 spiro atoms. The van der Waals surface area contributed by atoms with Crippen LogP contribution >= 0.6 is 0 Å². The van der Waals surface area contributed by atoms with Crippen molar-refractivity contribution in [1.82, 2.24) is 29.5 Å². The number of piperazine rings is 1. The average Bonchev–Trinajstić information content (AvgIpc) is 2.88. The molecule has 8 heteroatoms. The molecule has 0 aliphatic carbocycles. The largest absolute Gasteiger partial charge is 0.335 e. The molecule has 4 aromatic rings. The van der Waals surface area contributed by atoms with Gasteiger partial charge in [0, 0.05) is 62.1 Å². The van der Waals surface area contributed by atoms with E-state index in [1.165, 1.54) is 4.68 Å². The minimum Gasteiger partial charge on any atom is -0.335 e. The van der Waals surface area contributed by atoms with Crippen LogP contribution in [-0.2, 0) is 6.54 Å². The van der Waals surface area contributed by atoms with Crippen LogP contribution in [0.3, 0.4) is 0 Å². The van der Waals surface area contributed by atoms with Crippen LogP contribution in [-0.4, -0.2) is 68.2 Å². The zero-order chi connectivity index (χ0) is 22.6. The maximum absolute atomic E-state index is 12.9. The SMILES string of the molecule is O=C(c1ccc2ccccc2n1)N1CCN(CCn2nc(-c3cccnc3)ccc2=O)CC1. The molecule has 5 rings (SSSR count). The maximum Gasteiger partial charge on any atom is 0.272 e. The molecule has 1 aliphatic heterocycles. The van der Waals surface area contributed by atoms with Crippen LogP contribution in [0.4, 0.5) is 0 Å². The second-order valence-corrected chi connectivity index (χ2v) is 8.04. The van der Waals surface area contributed by atoms with E-state index in [1.807, 2.05) is 47.4 Å². The molecule has 166 valence electrons. The highest BCUT2D eigenvalue weighted by Gasteiger charge is 2.23. The Morgan fingerprint density at radius 1 is 0.879 bits per heavy atom. The number of hydrogen-bond acceptors (Lipinski definition) is 6. The minimum atomic E-state index is -0.126. The molecular formula is C25H24N6O2. The predicted octanol–water partition coefficient (Wildman–Crippen LogP) is 2.31. The molecule has 33 heavy (non-hydrogen) atoms. The highest BCUT2D eigenvalue weighted by Crippen LogP contribution is 2.15. The Balaban J connectivity index is 1.19. The van der Waals surface area contributed by atoms with E-state index in [4.69, 9.17) is 0 Å². The number of hydrogen-bond donors (Lipinski definition) is 0. The van der Waals surface area contributed by atoms with Crippen LogP contribution in [0.5, 0.6) is 0 Å². The molecule has 3 aromatic heterocycles. The molecule has 1 aromatic carbocycles. The summed E-state index contributed by atoms with van der Waals surface area (Å²) in [7, 11) is 0. The second kappa shape index (κ2) is 9.30. The van der Waals surface area contributed by atoms with Crippen molar-refractivity contribution in [2.75, 3.05) is 32.7 Å². The lowest BCUT2D eigenvalue weighted by Crippen LogP contribution is -2.49. The van der Waals surface area contributed by atoms with Crippen molar-refractivity contribution in [3.63, 3.8) is 0 Å². The average molecular weight is 441 g/mol. The van der Waals surface area contributed by atoms with E-state index in [0.29, 0.717) is 31.9 Å². The molecule has 4 heterocycles. The number of rotatable bonds is 5. The molecular weight excluding hydrogens is 416 g/mol. The first-order valence-corrected chi connectivity index (χ1v) is 11.0. The first-order valence-electron chi connectivity index (χ1n) is 11.0. The van der Waals surface area contributed by atoms with E-state index in [-0.39, 0.29) is 11.5 Å². The van der Waals surface area contributed by atoms with Crippen LogP contribution in [0.15, 0.2) is 77.9 Å². The zero-order valence-electron chi connectivity index (χ0n) is 18.2. The summed E-state index contributed by atoms with van der Waals surface area (Å²) < 4.78 is 1.50. The Morgan fingerprint density at radius 3 is 2.55 bits per heavy atom. The summed E-state index contributed by atoms with van der Waals surface area (Å²) in [4.78, 5) is 38.0. The van der Waals surface area contributed by atoms with Crippen molar-refractivity contribution in [3.8, 4) is 11.3 Å². The smallest absolute Gasteiger partial charge is 0.272 e. The fourth-order valence-corrected chi connectivity index (χ4v) is 4.04. The van der Waals surface area contributed by atoms with Crippen LogP contribution in [0.2, 0.25) is 0 Å². The van der Waals surface area contributed by atoms with E-state index < -0.39 is 0 Å². The van der Waals surface area contributed by atoms with Gasteiger partial charge in [0.25, 0.3) is 11.5 Å². The van der Waals surface area contributed by atoms with Gasteiger partial charge in [-0.05, 0) is 30.3 Å². The Kier molecular flexibility index (Phi) is 5.91. The van der Waals surface area contributed by atoms with Gasteiger partial charge < -0.3 is 4.90 Å². The first kappa shape index (κ1) is 21.0. The van der Waals surface area contributed by atoms with Crippen LogP contribution in [0, 0.1) is 0 Å². The molecule has 1 amide bonds. The van der Waals surface area contributed by atoms with Gasteiger partial charge in [0.05, 0.1) is 17.8 Å². The van der Waals surface area contributed by atoms with Crippen LogP contribution < -0.4 is 5.56 Å². The molecule has 0 saturated carbocycles. The van der Waals surface area contributed by atoms with Crippen LogP contribution in [0.1, 0.15) is 10.5 Å². The third-order valence-corrected chi connectivity index (χ3v) is 5.93. The lowest BCUT2D eigenvalue weighted by atomic mass is 10.2. The van der Waals surface area contributed by atoms with Gasteiger partial charge in [-0.3, -0.25) is 19.5 Å². The Bertz CT molecular complexity index is 1330. The topological polar surface area (TPSA) is 84.2 Å². The molecule has 1 fully saturated rings. The van der Waals surface area contributed by atoms with Gasteiger partial charge in [-0.2, -0.15) is 5.10 Å². The molecule has 1 saturated heterocycles. The fraction of sp³-hybridized carbons (Fsp3) is 0.240. The van der Waals surface area contributed by atoms with Crippen LogP contribution in [0.25, 0.3) is 22.2 Å². The van der Waals surface area contributed by atoms with Gasteiger partial charge in [-0.15, -0.1) is 0 Å². The molecule has 0 unspecified atom stereocenters. The first-order chi connectivity index (χ1) is 16.2. The van der Waals surface area contributed by atoms with Crippen molar-refractivity contribution in [2.24, 2.45) is 0 Å². The minimum absolute atomic E-state index is 0.0394. The normalized spacial score (nSPS) is 14.5. The van der Waals surface area contributed by atoms with Gasteiger partial charge in [0.2, 0.25) is 0 Å². The van der Waals surface area contributed by atoms with E-state index >= 15 is 0 Å². The highest BCUT2D eigenvalue weighted by atomic mass is 16.2. The number of benzene rings is 1. The number of carbonyl (C=O) groups is 1. The van der Waals surface area contributed by atoms with E-state index in [0.717, 1.165) is 35.2 Å². The lowest BCUT2D eigenvalue weighted by Gasteiger charge is -2.34. The summed E-state index contributed by atoms with van der Waals surface area (Å²) >= 11 is 0. The Hall–Kier alpha value is -3.91. The van der Waals surface area contributed by atoms with E-state index in [9.17, 15) is 9.59 Å². The summed E-state index contributed by atoms with van der Waals surface area (Å²) in [5.74, 6) is -0.0394. The summed E-state index contributed by atoms with van der Waals surface area (Å²) in [6.45, 7) is 3.94. The quantitative estimate of drug-likeness (QED) is 0.474. The second-order valence-electron chi connectivity index (χ2n) is 8.04. The number of aromatic nitrogens is 4. The summed E-state index contributed by atoms with van der Waals surface area (Å²) in [5.41, 5.74) is 2.78. The summed E-state index contributed by atoms with van der Waals surface area (Å²) in [5, 5.41) is 5.52. The number of fused-ring (bicyclic) bond motifs is 1. The fourth-order valence-electron chi connectivity index (χ4n) is 4.04. The number of carbonyl (C=O) groups excluding carboxylic acids is 1. The monoisotopic (exact) mass is 440 g/mol. The van der Waals surface area contributed by atoms with Gasteiger partial charge in [0.15, 0.2) is 0 Å². The number of nitrogens with zero attached hydrogens (tertiary/aromatic N) is 6. The van der Waals surface area contributed by atoms with Crippen molar-refractivity contribution in [1.29, 1.82) is 0 Å². The number of amides is 1. The standard InChI is InChI=1S/C25H24N6O2/c32-24-10-9-22(20-5-3-11-26-18-20)28-31(24)17-14-29-12-15-30(16-13-29)25(33)23-8-7-19-4-1-2-6-21(19)27-23/h1-11,18H,12-17H2. The molecule has 8 nitrogen and oxygen atoms in total. The van der Waals surface area contributed by atoms with Gasteiger partial charge in [-0.1, -0.05) is 24.3 Å².